The van der Waals surface area contributed by atoms with E-state index in [0.29, 0.717) is 17.6 Å². The van der Waals surface area contributed by atoms with E-state index in [0.717, 1.165) is 38.4 Å². The van der Waals surface area contributed by atoms with E-state index in [1.807, 2.05) is 24.3 Å². The zero-order chi connectivity index (χ0) is 25.4. The average Bonchev–Trinajstić information content (AvgIpc) is 3.31. The molecule has 0 aliphatic carbocycles. The fourth-order valence-corrected chi connectivity index (χ4v) is 6.21. The standard InChI is InChI=1S/C32H20N4S/c33-13-11-20(18-34)9-10-23-22-5-1-2-7-25(22)32(29-15-21(19-35)12-14-36-29)28-16-27-24-6-3-4-8-30(24)37-31(27)17-26(23)28/h1-9,11-17H,10,33H2/b13-11-,20-9+. The predicted molar refractivity (Wildman–Crippen MR) is 153 cm³/mol. The third-order valence-corrected chi connectivity index (χ3v) is 7.84. The van der Waals surface area contributed by atoms with E-state index in [1.165, 1.54) is 26.4 Å². The van der Waals surface area contributed by atoms with Crippen LogP contribution in [0.1, 0.15) is 11.1 Å². The Labute approximate surface area is 217 Å². The largest absolute Gasteiger partial charge is 0.405 e. The van der Waals surface area contributed by atoms with Gasteiger partial charge in [-0.25, -0.2) is 0 Å². The summed E-state index contributed by atoms with van der Waals surface area (Å²) in [5.74, 6) is 0. The number of hydrogen-bond donors (Lipinski definition) is 1. The van der Waals surface area contributed by atoms with Gasteiger partial charge in [-0.15, -0.1) is 11.3 Å². The van der Waals surface area contributed by atoms with E-state index in [1.54, 1.807) is 29.7 Å². The van der Waals surface area contributed by atoms with Crippen molar-refractivity contribution in [3.63, 3.8) is 0 Å². The maximum Gasteiger partial charge on any atom is 0.0992 e. The zero-order valence-corrected chi connectivity index (χ0v) is 20.6. The Bertz CT molecular complexity index is 2000. The molecule has 2 heterocycles. The molecule has 6 rings (SSSR count). The normalized spacial score (nSPS) is 12.0. The Morgan fingerprint density at radius 2 is 1.62 bits per heavy atom. The molecule has 0 saturated heterocycles. The van der Waals surface area contributed by atoms with Gasteiger partial charge < -0.3 is 5.73 Å². The molecule has 0 aliphatic rings. The topological polar surface area (TPSA) is 86.5 Å². The number of nitrogens with two attached hydrogens (primary N) is 1. The molecule has 0 aliphatic heterocycles. The van der Waals surface area contributed by atoms with Crippen molar-refractivity contribution in [3.05, 3.63) is 114 Å². The van der Waals surface area contributed by atoms with E-state index >= 15 is 0 Å². The van der Waals surface area contributed by atoms with Crippen LogP contribution >= 0.6 is 11.3 Å². The van der Waals surface area contributed by atoms with Crippen molar-refractivity contribution < 1.29 is 0 Å². The predicted octanol–water partition coefficient (Wildman–Crippen LogP) is 7.76. The Balaban J connectivity index is 1.78. The van der Waals surface area contributed by atoms with E-state index in [4.69, 9.17) is 10.7 Å². The summed E-state index contributed by atoms with van der Waals surface area (Å²) in [5.41, 5.74) is 9.58. The smallest absolute Gasteiger partial charge is 0.0992 e. The van der Waals surface area contributed by atoms with Gasteiger partial charge in [-0.1, -0.05) is 48.5 Å². The molecule has 6 aromatic rings. The van der Waals surface area contributed by atoms with Gasteiger partial charge in [-0.2, -0.15) is 10.5 Å². The van der Waals surface area contributed by atoms with Crippen LogP contribution in [-0.4, -0.2) is 4.98 Å². The number of fused-ring (bicyclic) bond motifs is 5. The SMILES string of the molecule is N#CC(/C=C\N)=C/Cc1c2ccccc2c(-c2cc(C#N)ccn2)c2cc3c(cc12)sc1ccccc13. The fraction of sp³-hybridized carbons (Fsp3) is 0.0312. The Kier molecular flexibility index (Phi) is 5.62. The number of nitriles is 2. The van der Waals surface area contributed by atoms with Crippen LogP contribution in [0, 0.1) is 22.7 Å². The lowest BCUT2D eigenvalue weighted by Crippen LogP contribution is -1.95. The van der Waals surface area contributed by atoms with Gasteiger partial charge in [-0.05, 0) is 76.1 Å². The highest BCUT2D eigenvalue weighted by Gasteiger charge is 2.18. The summed E-state index contributed by atoms with van der Waals surface area (Å²) in [6.07, 6.45) is 7.21. The zero-order valence-electron chi connectivity index (χ0n) is 19.8. The van der Waals surface area contributed by atoms with E-state index in [2.05, 4.69) is 60.7 Å². The van der Waals surface area contributed by atoms with E-state index in [9.17, 15) is 10.5 Å². The molecule has 0 bridgehead atoms. The maximum absolute atomic E-state index is 9.58. The van der Waals surface area contributed by atoms with Crippen molar-refractivity contribution in [1.29, 1.82) is 10.5 Å². The molecule has 0 atom stereocenters. The van der Waals surface area contributed by atoms with Gasteiger partial charge in [0.1, 0.15) is 0 Å². The minimum atomic E-state index is 0.523. The molecule has 0 radical (unpaired) electrons. The quantitative estimate of drug-likeness (QED) is 0.155. The van der Waals surface area contributed by atoms with Crippen LogP contribution < -0.4 is 5.73 Å². The van der Waals surface area contributed by atoms with Crippen LogP contribution in [0.3, 0.4) is 0 Å². The van der Waals surface area contributed by atoms with Gasteiger partial charge >= 0.3 is 0 Å². The maximum atomic E-state index is 9.58. The van der Waals surface area contributed by atoms with Crippen molar-refractivity contribution in [2.75, 3.05) is 0 Å². The summed E-state index contributed by atoms with van der Waals surface area (Å²) in [4.78, 5) is 4.70. The molecule has 5 heteroatoms. The van der Waals surface area contributed by atoms with Crippen LogP contribution in [-0.2, 0) is 6.42 Å². The molecule has 2 N–H and O–H groups in total. The first-order valence-corrected chi connectivity index (χ1v) is 12.7. The molecular formula is C32H20N4S. The lowest BCUT2D eigenvalue weighted by atomic mass is 9.87. The first-order chi connectivity index (χ1) is 18.2. The second kappa shape index (κ2) is 9.24. The van der Waals surface area contributed by atoms with Crippen molar-refractivity contribution in [3.8, 4) is 23.4 Å². The number of pyridine rings is 1. The average molecular weight is 493 g/mol. The third kappa shape index (κ3) is 3.79. The second-order valence-electron chi connectivity index (χ2n) is 8.77. The van der Waals surface area contributed by atoms with Crippen LogP contribution in [0.4, 0.5) is 0 Å². The lowest BCUT2D eigenvalue weighted by Gasteiger charge is -2.17. The number of rotatable bonds is 4. The van der Waals surface area contributed by atoms with Gasteiger partial charge in [0.2, 0.25) is 0 Å². The van der Waals surface area contributed by atoms with Gasteiger partial charge in [0.25, 0.3) is 0 Å². The molecule has 174 valence electrons. The highest BCUT2D eigenvalue weighted by Crippen LogP contribution is 2.44. The second-order valence-corrected chi connectivity index (χ2v) is 9.85. The molecule has 0 spiro atoms. The number of allylic oxidation sites excluding steroid dienone is 3. The van der Waals surface area contributed by atoms with Gasteiger partial charge in [0.05, 0.1) is 23.4 Å². The van der Waals surface area contributed by atoms with Crippen LogP contribution in [0.25, 0.3) is 53.0 Å². The number of aromatic nitrogens is 1. The molecule has 0 fully saturated rings. The first-order valence-electron chi connectivity index (χ1n) is 11.9. The van der Waals surface area contributed by atoms with Gasteiger partial charge in [-0.3, -0.25) is 4.98 Å². The monoisotopic (exact) mass is 492 g/mol. The number of thiophene rings is 1. The van der Waals surface area contributed by atoms with Gasteiger partial charge in [0.15, 0.2) is 0 Å². The summed E-state index contributed by atoms with van der Waals surface area (Å²) < 4.78 is 2.45. The Morgan fingerprint density at radius 3 is 2.41 bits per heavy atom. The summed E-state index contributed by atoms with van der Waals surface area (Å²) in [6.45, 7) is 0. The highest BCUT2D eigenvalue weighted by atomic mass is 32.1. The molecule has 2 aromatic heterocycles. The van der Waals surface area contributed by atoms with Crippen molar-refractivity contribution in [1.82, 2.24) is 4.98 Å². The molecule has 4 aromatic carbocycles. The number of nitrogens with zero attached hydrogens (tertiary/aromatic N) is 3. The Morgan fingerprint density at radius 1 is 0.838 bits per heavy atom. The fourth-order valence-electron chi connectivity index (χ4n) is 5.08. The van der Waals surface area contributed by atoms with Crippen molar-refractivity contribution >= 4 is 53.1 Å². The summed E-state index contributed by atoms with van der Waals surface area (Å²) in [5, 5.41) is 25.9. The molecular weight excluding hydrogens is 472 g/mol. The summed E-state index contributed by atoms with van der Waals surface area (Å²) in [6, 6.07) is 29.4. The number of hydrogen-bond acceptors (Lipinski definition) is 5. The molecule has 4 nitrogen and oxygen atoms in total. The Hall–Kier alpha value is -4.97. The van der Waals surface area contributed by atoms with Crippen molar-refractivity contribution in [2.24, 2.45) is 5.73 Å². The summed E-state index contributed by atoms with van der Waals surface area (Å²) in [7, 11) is 0. The highest BCUT2D eigenvalue weighted by molar-refractivity contribution is 7.25. The molecule has 0 unspecified atom stereocenters. The van der Waals surface area contributed by atoms with Crippen molar-refractivity contribution in [2.45, 2.75) is 6.42 Å². The summed E-state index contributed by atoms with van der Waals surface area (Å²) >= 11 is 1.78. The van der Waals surface area contributed by atoms with Crippen LogP contribution in [0.15, 0.2) is 103 Å². The first kappa shape index (κ1) is 22.5. The van der Waals surface area contributed by atoms with E-state index in [-0.39, 0.29) is 0 Å². The van der Waals surface area contributed by atoms with Gasteiger partial charge in [0, 0.05) is 37.5 Å². The minimum Gasteiger partial charge on any atom is -0.405 e. The number of benzene rings is 4. The molecule has 37 heavy (non-hydrogen) atoms. The molecule has 0 amide bonds. The van der Waals surface area contributed by atoms with E-state index < -0.39 is 0 Å². The molecule has 0 saturated carbocycles. The van der Waals surface area contributed by atoms with Crippen LogP contribution in [0.2, 0.25) is 0 Å². The third-order valence-electron chi connectivity index (χ3n) is 6.71. The minimum absolute atomic E-state index is 0.523. The van der Waals surface area contributed by atoms with Crippen LogP contribution in [0.5, 0.6) is 0 Å². The lowest BCUT2D eigenvalue weighted by molar-refractivity contribution is 1.30.